The molecule has 0 N–H and O–H groups in total. The standard InChI is InChI=1S/C27H29FN2O4/c1-6-34-27(33)24-17(2)23(18(3)29(24)5)25(31)19(4)30(16-20-12-14-22(28)15-13-20)26(32)21-10-8-7-9-11-21/h7-15,19H,6,16H2,1-5H3/t19-/m0/s1. The maximum Gasteiger partial charge on any atom is 0.355 e. The van der Waals surface area contributed by atoms with Crippen LogP contribution in [0.5, 0.6) is 0 Å². The molecule has 178 valence electrons. The largest absolute Gasteiger partial charge is 0.461 e. The number of Topliss-reactive ketones (excluding diaryl/α,β-unsaturated/α-hetero) is 1. The van der Waals surface area contributed by atoms with Gasteiger partial charge < -0.3 is 14.2 Å². The molecule has 0 saturated heterocycles. The summed E-state index contributed by atoms with van der Waals surface area (Å²) in [5.74, 6) is -1.48. The SMILES string of the molecule is CCOC(=O)c1c(C)c(C(=O)[C@H](C)N(Cc2ccc(F)cc2)C(=O)c2ccccc2)c(C)n1C. The molecule has 0 aliphatic rings. The van der Waals surface area contributed by atoms with Gasteiger partial charge >= 0.3 is 5.97 Å². The zero-order valence-corrected chi connectivity index (χ0v) is 20.1. The molecule has 1 heterocycles. The van der Waals surface area contributed by atoms with Crippen LogP contribution >= 0.6 is 0 Å². The Labute approximate surface area is 199 Å². The van der Waals surface area contributed by atoms with E-state index in [4.69, 9.17) is 4.74 Å². The first-order valence-electron chi connectivity index (χ1n) is 11.1. The summed E-state index contributed by atoms with van der Waals surface area (Å²) in [6, 6.07) is 13.7. The molecule has 1 amide bonds. The summed E-state index contributed by atoms with van der Waals surface area (Å²) in [7, 11) is 1.71. The van der Waals surface area contributed by atoms with E-state index in [1.807, 2.05) is 6.07 Å². The van der Waals surface area contributed by atoms with Gasteiger partial charge in [0.15, 0.2) is 5.78 Å². The lowest BCUT2D eigenvalue weighted by Gasteiger charge is -2.29. The molecule has 2 aromatic carbocycles. The second-order valence-corrected chi connectivity index (χ2v) is 8.18. The Morgan fingerprint density at radius 2 is 1.65 bits per heavy atom. The number of hydrogen-bond acceptors (Lipinski definition) is 4. The maximum atomic E-state index is 13.7. The number of benzene rings is 2. The predicted molar refractivity (Wildman–Crippen MR) is 127 cm³/mol. The van der Waals surface area contributed by atoms with E-state index < -0.39 is 12.0 Å². The minimum atomic E-state index is -0.840. The summed E-state index contributed by atoms with van der Waals surface area (Å²) in [6.45, 7) is 7.21. The van der Waals surface area contributed by atoms with Crippen molar-refractivity contribution < 1.29 is 23.5 Å². The molecule has 6 nitrogen and oxygen atoms in total. The van der Waals surface area contributed by atoms with Crippen LogP contribution in [-0.4, -0.2) is 39.8 Å². The second kappa shape index (κ2) is 10.5. The fourth-order valence-electron chi connectivity index (χ4n) is 4.10. The van der Waals surface area contributed by atoms with Crippen LogP contribution in [0, 0.1) is 19.7 Å². The van der Waals surface area contributed by atoms with Gasteiger partial charge in [-0.15, -0.1) is 0 Å². The molecule has 0 aliphatic heterocycles. The normalized spacial score (nSPS) is 11.7. The Balaban J connectivity index is 2.02. The number of nitrogens with zero attached hydrogens (tertiary/aromatic N) is 2. The number of rotatable bonds is 8. The molecule has 1 aromatic heterocycles. The molecule has 0 radical (unpaired) electrons. The predicted octanol–water partition coefficient (Wildman–Crippen LogP) is 4.87. The lowest BCUT2D eigenvalue weighted by molar-refractivity contribution is 0.0513. The van der Waals surface area contributed by atoms with Crippen LogP contribution in [0.15, 0.2) is 54.6 Å². The number of ether oxygens (including phenoxy) is 1. The molecule has 1 atom stereocenters. The van der Waals surface area contributed by atoms with Gasteiger partial charge in [0, 0.05) is 30.4 Å². The number of ketones is 1. The van der Waals surface area contributed by atoms with Gasteiger partial charge in [0.1, 0.15) is 11.5 Å². The van der Waals surface area contributed by atoms with Crippen LogP contribution in [-0.2, 0) is 18.3 Å². The third-order valence-corrected chi connectivity index (χ3v) is 6.04. The van der Waals surface area contributed by atoms with Crippen molar-refractivity contribution in [2.24, 2.45) is 7.05 Å². The molecular formula is C27H29FN2O4. The van der Waals surface area contributed by atoms with Crippen molar-refractivity contribution in [2.75, 3.05) is 6.61 Å². The number of hydrogen-bond donors (Lipinski definition) is 0. The summed E-state index contributed by atoms with van der Waals surface area (Å²) in [5.41, 5.74) is 2.98. The summed E-state index contributed by atoms with van der Waals surface area (Å²) in [6.07, 6.45) is 0. The molecule has 0 fully saturated rings. The average Bonchev–Trinajstić information content (AvgIpc) is 3.05. The summed E-state index contributed by atoms with van der Waals surface area (Å²) in [5, 5.41) is 0. The quantitative estimate of drug-likeness (QED) is 0.352. The minimum absolute atomic E-state index is 0.122. The van der Waals surface area contributed by atoms with E-state index in [9.17, 15) is 18.8 Å². The molecule has 34 heavy (non-hydrogen) atoms. The number of carbonyl (C=O) groups excluding carboxylic acids is 3. The lowest BCUT2D eigenvalue weighted by Crippen LogP contribution is -2.43. The van der Waals surface area contributed by atoms with E-state index in [1.54, 1.807) is 75.7 Å². The van der Waals surface area contributed by atoms with E-state index >= 15 is 0 Å². The lowest BCUT2D eigenvalue weighted by atomic mass is 9.98. The first-order valence-corrected chi connectivity index (χ1v) is 11.1. The van der Waals surface area contributed by atoms with Crippen LogP contribution in [0.3, 0.4) is 0 Å². The van der Waals surface area contributed by atoms with E-state index in [2.05, 4.69) is 0 Å². The first kappa shape index (κ1) is 24.9. The van der Waals surface area contributed by atoms with Gasteiger partial charge in [0.2, 0.25) is 0 Å². The number of amides is 1. The zero-order chi connectivity index (χ0) is 25.0. The van der Waals surface area contributed by atoms with Gasteiger partial charge in [0.25, 0.3) is 5.91 Å². The van der Waals surface area contributed by atoms with E-state index in [0.29, 0.717) is 33.6 Å². The van der Waals surface area contributed by atoms with Crippen molar-refractivity contribution in [1.82, 2.24) is 9.47 Å². The Morgan fingerprint density at radius 3 is 2.24 bits per heavy atom. The van der Waals surface area contributed by atoms with E-state index in [1.165, 1.54) is 17.0 Å². The van der Waals surface area contributed by atoms with Crippen molar-refractivity contribution in [2.45, 2.75) is 40.3 Å². The first-order chi connectivity index (χ1) is 16.2. The number of aromatic nitrogens is 1. The van der Waals surface area contributed by atoms with Gasteiger partial charge in [-0.2, -0.15) is 0 Å². The highest BCUT2D eigenvalue weighted by Crippen LogP contribution is 2.26. The average molecular weight is 465 g/mol. The molecule has 7 heteroatoms. The fourth-order valence-corrected chi connectivity index (χ4v) is 4.10. The van der Waals surface area contributed by atoms with Crippen molar-refractivity contribution in [3.63, 3.8) is 0 Å². The Morgan fingerprint density at radius 1 is 1.03 bits per heavy atom. The number of esters is 1. The third-order valence-electron chi connectivity index (χ3n) is 6.04. The van der Waals surface area contributed by atoms with Crippen molar-refractivity contribution >= 4 is 17.7 Å². The highest BCUT2D eigenvalue weighted by molar-refractivity contribution is 6.07. The molecule has 0 saturated carbocycles. The molecular weight excluding hydrogens is 435 g/mol. The van der Waals surface area contributed by atoms with Gasteiger partial charge in [-0.1, -0.05) is 30.3 Å². The fraction of sp³-hybridized carbons (Fsp3) is 0.296. The van der Waals surface area contributed by atoms with Crippen molar-refractivity contribution in [3.05, 3.63) is 94.1 Å². The van der Waals surface area contributed by atoms with Gasteiger partial charge in [0.05, 0.1) is 12.6 Å². The highest BCUT2D eigenvalue weighted by Gasteiger charge is 2.33. The number of halogens is 1. The molecule has 0 spiro atoms. The van der Waals surface area contributed by atoms with Crippen LogP contribution in [0.4, 0.5) is 4.39 Å². The summed E-state index contributed by atoms with van der Waals surface area (Å²) < 4.78 is 20.2. The van der Waals surface area contributed by atoms with Crippen LogP contribution < -0.4 is 0 Å². The highest BCUT2D eigenvalue weighted by atomic mass is 19.1. The molecule has 0 aliphatic carbocycles. The minimum Gasteiger partial charge on any atom is -0.461 e. The van der Waals surface area contributed by atoms with Crippen LogP contribution in [0.25, 0.3) is 0 Å². The second-order valence-electron chi connectivity index (χ2n) is 8.18. The van der Waals surface area contributed by atoms with Gasteiger partial charge in [-0.25, -0.2) is 9.18 Å². The Hall–Kier alpha value is -3.74. The molecule has 0 unspecified atom stereocenters. The third kappa shape index (κ3) is 4.93. The van der Waals surface area contributed by atoms with E-state index in [-0.39, 0.29) is 30.7 Å². The Kier molecular flexibility index (Phi) is 7.66. The van der Waals surface area contributed by atoms with Crippen molar-refractivity contribution in [1.29, 1.82) is 0 Å². The monoisotopic (exact) mass is 464 g/mol. The maximum absolute atomic E-state index is 13.7. The molecule has 3 aromatic rings. The van der Waals surface area contributed by atoms with Gasteiger partial charge in [-0.05, 0) is 63.1 Å². The number of carbonyl (C=O) groups is 3. The topological polar surface area (TPSA) is 68.6 Å². The molecule has 0 bridgehead atoms. The van der Waals surface area contributed by atoms with E-state index in [0.717, 1.165) is 0 Å². The summed E-state index contributed by atoms with van der Waals surface area (Å²) >= 11 is 0. The smallest absolute Gasteiger partial charge is 0.355 e. The zero-order valence-electron chi connectivity index (χ0n) is 20.1. The van der Waals surface area contributed by atoms with Crippen molar-refractivity contribution in [3.8, 4) is 0 Å². The van der Waals surface area contributed by atoms with Crippen LogP contribution in [0.2, 0.25) is 0 Å². The molecule has 3 rings (SSSR count). The Bertz CT molecular complexity index is 1200. The van der Waals surface area contributed by atoms with Crippen LogP contribution in [0.1, 0.15) is 61.9 Å². The summed E-state index contributed by atoms with van der Waals surface area (Å²) in [4.78, 5) is 41.1. The van der Waals surface area contributed by atoms with Gasteiger partial charge in [-0.3, -0.25) is 9.59 Å².